The van der Waals surface area contributed by atoms with Crippen molar-refractivity contribution in [1.82, 2.24) is 10.3 Å². The highest BCUT2D eigenvalue weighted by Crippen LogP contribution is 2.09. The van der Waals surface area contributed by atoms with Crippen LogP contribution in [0.3, 0.4) is 0 Å². The van der Waals surface area contributed by atoms with E-state index >= 15 is 0 Å². The summed E-state index contributed by atoms with van der Waals surface area (Å²) in [5.41, 5.74) is 1.24. The van der Waals surface area contributed by atoms with Crippen LogP contribution in [0, 0.1) is 0 Å². The third-order valence-electron chi connectivity index (χ3n) is 2.41. The van der Waals surface area contributed by atoms with E-state index in [1.165, 1.54) is 5.56 Å². The standard InChI is InChI=1S/C12H20N2O/c1-11(12-6-5-7-13-10-12)14-8-3-4-9-15-2/h5-7,10-11,14H,3-4,8-9H2,1-2H3/t11-/m0/s1. The van der Waals surface area contributed by atoms with Crippen LogP contribution >= 0.6 is 0 Å². The second-order valence-electron chi connectivity index (χ2n) is 3.66. The number of pyridine rings is 1. The molecule has 0 saturated carbocycles. The first-order valence-corrected chi connectivity index (χ1v) is 5.47. The number of unbranched alkanes of at least 4 members (excludes halogenated alkanes) is 1. The predicted molar refractivity (Wildman–Crippen MR) is 61.8 cm³/mol. The number of methoxy groups -OCH3 is 1. The van der Waals surface area contributed by atoms with Gasteiger partial charge in [0.15, 0.2) is 0 Å². The molecule has 0 saturated heterocycles. The summed E-state index contributed by atoms with van der Waals surface area (Å²) in [6, 6.07) is 4.44. The summed E-state index contributed by atoms with van der Waals surface area (Å²) in [5, 5.41) is 3.46. The van der Waals surface area contributed by atoms with Gasteiger partial charge in [0.2, 0.25) is 0 Å². The number of nitrogens with one attached hydrogen (secondary N) is 1. The summed E-state index contributed by atoms with van der Waals surface area (Å²) in [7, 11) is 1.74. The summed E-state index contributed by atoms with van der Waals surface area (Å²) in [6.45, 7) is 4.04. The Kier molecular flexibility index (Phi) is 5.97. The Morgan fingerprint density at radius 2 is 2.33 bits per heavy atom. The van der Waals surface area contributed by atoms with Gasteiger partial charge in [-0.25, -0.2) is 0 Å². The lowest BCUT2D eigenvalue weighted by Gasteiger charge is -2.13. The summed E-state index contributed by atoms with van der Waals surface area (Å²) in [6.07, 6.45) is 5.98. The Balaban J connectivity index is 2.16. The first-order valence-electron chi connectivity index (χ1n) is 5.47. The molecule has 0 fully saturated rings. The van der Waals surface area contributed by atoms with Gasteiger partial charge in [-0.3, -0.25) is 4.98 Å². The molecular formula is C12H20N2O. The molecule has 1 aromatic heterocycles. The smallest absolute Gasteiger partial charge is 0.0462 e. The van der Waals surface area contributed by atoms with Gasteiger partial charge < -0.3 is 10.1 Å². The molecule has 15 heavy (non-hydrogen) atoms. The minimum atomic E-state index is 0.376. The van der Waals surface area contributed by atoms with E-state index in [4.69, 9.17) is 4.74 Å². The van der Waals surface area contributed by atoms with Crippen LogP contribution in [-0.2, 0) is 4.74 Å². The fraction of sp³-hybridized carbons (Fsp3) is 0.583. The largest absolute Gasteiger partial charge is 0.385 e. The summed E-state index contributed by atoms with van der Waals surface area (Å²) in [4.78, 5) is 4.10. The van der Waals surface area contributed by atoms with Crippen molar-refractivity contribution in [3.8, 4) is 0 Å². The SMILES string of the molecule is COCCCCN[C@@H](C)c1cccnc1. The molecule has 1 rings (SSSR count). The van der Waals surface area contributed by atoms with E-state index in [0.717, 1.165) is 26.0 Å². The predicted octanol–water partition coefficient (Wildman–Crippen LogP) is 2.16. The number of aromatic nitrogens is 1. The van der Waals surface area contributed by atoms with Crippen LogP contribution in [0.25, 0.3) is 0 Å². The first kappa shape index (κ1) is 12.1. The van der Waals surface area contributed by atoms with E-state index in [1.54, 1.807) is 13.3 Å². The Morgan fingerprint density at radius 3 is 3.00 bits per heavy atom. The lowest BCUT2D eigenvalue weighted by atomic mass is 10.1. The van der Waals surface area contributed by atoms with Crippen LogP contribution in [0.15, 0.2) is 24.5 Å². The van der Waals surface area contributed by atoms with E-state index in [2.05, 4.69) is 23.3 Å². The molecule has 1 heterocycles. The minimum absolute atomic E-state index is 0.376. The average Bonchev–Trinajstić information content (AvgIpc) is 2.30. The zero-order valence-electron chi connectivity index (χ0n) is 9.57. The Bertz CT molecular complexity index is 251. The van der Waals surface area contributed by atoms with Gasteiger partial charge in [0.1, 0.15) is 0 Å². The van der Waals surface area contributed by atoms with Gasteiger partial charge in [-0.05, 0) is 37.9 Å². The van der Waals surface area contributed by atoms with Crippen LogP contribution in [0.1, 0.15) is 31.4 Å². The van der Waals surface area contributed by atoms with Crippen LogP contribution in [0.5, 0.6) is 0 Å². The van der Waals surface area contributed by atoms with Crippen molar-refractivity contribution in [2.45, 2.75) is 25.8 Å². The highest BCUT2D eigenvalue weighted by molar-refractivity contribution is 5.12. The first-order chi connectivity index (χ1) is 7.34. The summed E-state index contributed by atoms with van der Waals surface area (Å²) >= 11 is 0. The van der Waals surface area contributed by atoms with Crippen molar-refractivity contribution >= 4 is 0 Å². The van der Waals surface area contributed by atoms with E-state index in [1.807, 2.05) is 12.3 Å². The second kappa shape index (κ2) is 7.37. The second-order valence-corrected chi connectivity index (χ2v) is 3.66. The molecule has 0 bridgehead atoms. The normalized spacial score (nSPS) is 12.7. The fourth-order valence-corrected chi connectivity index (χ4v) is 1.44. The zero-order valence-corrected chi connectivity index (χ0v) is 9.57. The monoisotopic (exact) mass is 208 g/mol. The van der Waals surface area contributed by atoms with Gasteiger partial charge in [0, 0.05) is 32.2 Å². The molecule has 3 heteroatoms. The molecule has 0 amide bonds. The molecule has 1 atom stereocenters. The van der Waals surface area contributed by atoms with Gasteiger partial charge in [-0.2, -0.15) is 0 Å². The molecule has 0 aliphatic heterocycles. The molecule has 1 N–H and O–H groups in total. The highest BCUT2D eigenvalue weighted by atomic mass is 16.5. The zero-order chi connectivity index (χ0) is 10.9. The quantitative estimate of drug-likeness (QED) is 0.697. The molecule has 0 aliphatic rings. The number of ether oxygens (including phenoxy) is 1. The molecule has 1 aromatic rings. The fourth-order valence-electron chi connectivity index (χ4n) is 1.44. The van der Waals surface area contributed by atoms with Crippen LogP contribution in [-0.4, -0.2) is 25.2 Å². The van der Waals surface area contributed by atoms with Gasteiger partial charge in [0.25, 0.3) is 0 Å². The maximum Gasteiger partial charge on any atom is 0.0462 e. The lowest BCUT2D eigenvalue weighted by Crippen LogP contribution is -2.20. The topological polar surface area (TPSA) is 34.1 Å². The Morgan fingerprint density at radius 1 is 1.47 bits per heavy atom. The minimum Gasteiger partial charge on any atom is -0.385 e. The maximum atomic E-state index is 5.00. The summed E-state index contributed by atoms with van der Waals surface area (Å²) < 4.78 is 5.00. The van der Waals surface area contributed by atoms with Gasteiger partial charge in [-0.1, -0.05) is 6.07 Å². The van der Waals surface area contributed by atoms with Crippen molar-refractivity contribution < 1.29 is 4.74 Å². The Hall–Kier alpha value is -0.930. The number of hydrogen-bond donors (Lipinski definition) is 1. The lowest BCUT2D eigenvalue weighted by molar-refractivity contribution is 0.192. The van der Waals surface area contributed by atoms with Crippen molar-refractivity contribution in [2.75, 3.05) is 20.3 Å². The van der Waals surface area contributed by atoms with Crippen LogP contribution < -0.4 is 5.32 Å². The van der Waals surface area contributed by atoms with E-state index in [9.17, 15) is 0 Å². The van der Waals surface area contributed by atoms with Crippen LogP contribution in [0.4, 0.5) is 0 Å². The Labute approximate surface area is 91.9 Å². The van der Waals surface area contributed by atoms with Crippen molar-refractivity contribution in [3.63, 3.8) is 0 Å². The molecule has 0 aliphatic carbocycles. The van der Waals surface area contributed by atoms with Crippen molar-refractivity contribution in [3.05, 3.63) is 30.1 Å². The average molecular weight is 208 g/mol. The van der Waals surface area contributed by atoms with Crippen molar-refractivity contribution in [2.24, 2.45) is 0 Å². The molecule has 0 aromatic carbocycles. The third-order valence-corrected chi connectivity index (χ3v) is 2.41. The third kappa shape index (κ3) is 4.91. The number of hydrogen-bond acceptors (Lipinski definition) is 3. The maximum absolute atomic E-state index is 5.00. The molecular weight excluding hydrogens is 188 g/mol. The molecule has 0 unspecified atom stereocenters. The molecule has 84 valence electrons. The van der Waals surface area contributed by atoms with Crippen LogP contribution in [0.2, 0.25) is 0 Å². The van der Waals surface area contributed by atoms with Gasteiger partial charge >= 0.3 is 0 Å². The highest BCUT2D eigenvalue weighted by Gasteiger charge is 2.02. The van der Waals surface area contributed by atoms with Gasteiger partial charge in [0.05, 0.1) is 0 Å². The van der Waals surface area contributed by atoms with E-state index in [0.29, 0.717) is 6.04 Å². The van der Waals surface area contributed by atoms with E-state index in [-0.39, 0.29) is 0 Å². The molecule has 3 nitrogen and oxygen atoms in total. The van der Waals surface area contributed by atoms with Crippen molar-refractivity contribution in [1.29, 1.82) is 0 Å². The van der Waals surface area contributed by atoms with E-state index < -0.39 is 0 Å². The molecule has 0 radical (unpaired) electrons. The number of rotatable bonds is 7. The summed E-state index contributed by atoms with van der Waals surface area (Å²) in [5.74, 6) is 0. The molecule has 0 spiro atoms. The number of nitrogens with zero attached hydrogens (tertiary/aromatic N) is 1. The van der Waals surface area contributed by atoms with Gasteiger partial charge in [-0.15, -0.1) is 0 Å².